The topological polar surface area (TPSA) is 67.2 Å². The van der Waals surface area contributed by atoms with Crippen molar-refractivity contribution in [3.05, 3.63) is 59.6 Å². The number of hydrogen-bond donors (Lipinski definition) is 1. The van der Waals surface area contributed by atoms with E-state index in [1.165, 1.54) is 0 Å². The smallest absolute Gasteiger partial charge is 0.227 e. The molecule has 7 heteroatoms. The first-order chi connectivity index (χ1) is 13.6. The summed E-state index contributed by atoms with van der Waals surface area (Å²) in [6.45, 7) is 3.52. The minimum absolute atomic E-state index is 0.00308. The fourth-order valence-electron chi connectivity index (χ4n) is 3.34. The van der Waals surface area contributed by atoms with Crippen molar-refractivity contribution >= 4 is 28.8 Å². The molecule has 1 N–H and O–H groups in total. The second-order valence-corrected chi connectivity index (χ2v) is 7.92. The summed E-state index contributed by atoms with van der Waals surface area (Å²) < 4.78 is 1.83. The summed E-state index contributed by atoms with van der Waals surface area (Å²) in [6.07, 6.45) is 2.17. The molecular formula is C21H22N4O2S. The SMILES string of the molecule is Cc1ccc(N2CC(C(=O)NCCn3ccc(-c4cccs4)n3)CC2=O)cc1. The summed E-state index contributed by atoms with van der Waals surface area (Å²) >= 11 is 1.65. The molecule has 2 amide bonds. The van der Waals surface area contributed by atoms with Gasteiger partial charge in [-0.15, -0.1) is 11.3 Å². The van der Waals surface area contributed by atoms with Crippen molar-refractivity contribution in [2.45, 2.75) is 19.9 Å². The Morgan fingerprint density at radius 3 is 2.82 bits per heavy atom. The first-order valence-corrected chi connectivity index (χ1v) is 10.2. The molecule has 2 aromatic heterocycles. The third kappa shape index (κ3) is 3.99. The molecule has 6 nitrogen and oxygen atoms in total. The van der Waals surface area contributed by atoms with Crippen molar-refractivity contribution in [2.75, 3.05) is 18.0 Å². The highest BCUT2D eigenvalue weighted by atomic mass is 32.1. The van der Waals surface area contributed by atoms with Gasteiger partial charge in [-0.3, -0.25) is 14.3 Å². The van der Waals surface area contributed by atoms with Crippen LogP contribution in [0.4, 0.5) is 5.69 Å². The van der Waals surface area contributed by atoms with Crippen molar-refractivity contribution < 1.29 is 9.59 Å². The van der Waals surface area contributed by atoms with Gasteiger partial charge in [0.1, 0.15) is 5.69 Å². The molecule has 0 radical (unpaired) electrons. The van der Waals surface area contributed by atoms with Crippen molar-refractivity contribution in [3.63, 3.8) is 0 Å². The molecule has 144 valence electrons. The number of anilines is 1. The average Bonchev–Trinajstić information content (AvgIpc) is 3.43. The van der Waals surface area contributed by atoms with Crippen LogP contribution in [-0.4, -0.2) is 34.7 Å². The number of nitrogens with zero attached hydrogens (tertiary/aromatic N) is 3. The Hall–Kier alpha value is -2.93. The van der Waals surface area contributed by atoms with E-state index < -0.39 is 0 Å². The van der Waals surface area contributed by atoms with Gasteiger partial charge in [-0.2, -0.15) is 5.10 Å². The molecule has 1 aromatic carbocycles. The maximum absolute atomic E-state index is 12.5. The third-order valence-corrected chi connectivity index (χ3v) is 5.79. The number of hydrogen-bond acceptors (Lipinski definition) is 4. The maximum Gasteiger partial charge on any atom is 0.227 e. The summed E-state index contributed by atoms with van der Waals surface area (Å²) in [5, 5.41) is 9.50. The summed E-state index contributed by atoms with van der Waals surface area (Å²) in [4.78, 5) is 27.6. The lowest BCUT2D eigenvalue weighted by atomic mass is 10.1. The van der Waals surface area contributed by atoms with E-state index in [-0.39, 0.29) is 24.2 Å². The van der Waals surface area contributed by atoms with E-state index in [1.807, 2.05) is 65.6 Å². The Morgan fingerprint density at radius 2 is 2.07 bits per heavy atom. The Balaban J connectivity index is 1.28. The van der Waals surface area contributed by atoms with Gasteiger partial charge in [0.05, 0.1) is 17.3 Å². The third-order valence-electron chi connectivity index (χ3n) is 4.90. The summed E-state index contributed by atoms with van der Waals surface area (Å²) in [5.41, 5.74) is 2.94. The van der Waals surface area contributed by atoms with Gasteiger partial charge in [0, 0.05) is 31.4 Å². The normalized spacial score (nSPS) is 16.5. The maximum atomic E-state index is 12.5. The predicted molar refractivity (Wildman–Crippen MR) is 110 cm³/mol. The second-order valence-electron chi connectivity index (χ2n) is 6.97. The van der Waals surface area contributed by atoms with Gasteiger partial charge >= 0.3 is 0 Å². The standard InChI is InChI=1S/C21H22N4O2S/c1-15-4-6-17(7-5-15)25-14-16(13-20(25)26)21(27)22-9-11-24-10-8-18(23-24)19-3-2-12-28-19/h2-8,10,12,16H,9,11,13-14H2,1H3,(H,22,27). The molecule has 0 spiro atoms. The van der Waals surface area contributed by atoms with E-state index in [2.05, 4.69) is 10.4 Å². The summed E-state index contributed by atoms with van der Waals surface area (Å²) in [6, 6.07) is 13.8. The number of carbonyl (C=O) groups excluding carboxylic acids is 2. The Labute approximate surface area is 167 Å². The molecule has 1 atom stereocenters. The number of thiophene rings is 1. The zero-order valence-electron chi connectivity index (χ0n) is 15.7. The Bertz CT molecular complexity index is 963. The quantitative estimate of drug-likeness (QED) is 0.699. The van der Waals surface area contributed by atoms with Crippen LogP contribution in [0.25, 0.3) is 10.6 Å². The molecule has 1 fully saturated rings. The van der Waals surface area contributed by atoms with E-state index in [0.29, 0.717) is 19.6 Å². The van der Waals surface area contributed by atoms with Crippen LogP contribution in [0.15, 0.2) is 54.0 Å². The highest BCUT2D eigenvalue weighted by molar-refractivity contribution is 7.13. The van der Waals surface area contributed by atoms with Crippen LogP contribution in [0, 0.1) is 12.8 Å². The summed E-state index contributed by atoms with van der Waals surface area (Å²) in [7, 11) is 0. The lowest BCUT2D eigenvalue weighted by molar-refractivity contribution is -0.126. The molecule has 0 bridgehead atoms. The van der Waals surface area contributed by atoms with Crippen LogP contribution in [0.5, 0.6) is 0 Å². The number of rotatable bonds is 6. The van der Waals surface area contributed by atoms with E-state index in [4.69, 9.17) is 0 Å². The lowest BCUT2D eigenvalue weighted by Gasteiger charge is -2.17. The number of carbonyl (C=O) groups is 2. The number of benzene rings is 1. The van der Waals surface area contributed by atoms with E-state index in [0.717, 1.165) is 21.8 Å². The number of nitrogens with one attached hydrogen (secondary N) is 1. The molecule has 0 aliphatic carbocycles. The molecule has 3 aromatic rings. The minimum Gasteiger partial charge on any atom is -0.354 e. The van der Waals surface area contributed by atoms with Gasteiger partial charge in [-0.1, -0.05) is 23.8 Å². The molecule has 1 aliphatic rings. The molecule has 3 heterocycles. The first kappa shape index (κ1) is 18.4. The average molecular weight is 395 g/mol. The molecule has 0 saturated carbocycles. The Kier molecular flexibility index (Phi) is 5.25. The van der Waals surface area contributed by atoms with Crippen LogP contribution in [-0.2, 0) is 16.1 Å². The predicted octanol–water partition coefficient (Wildman–Crippen LogP) is 3.09. The summed E-state index contributed by atoms with van der Waals surface area (Å²) in [5.74, 6) is -0.390. The fraction of sp³-hybridized carbons (Fsp3) is 0.286. The Morgan fingerprint density at radius 1 is 1.25 bits per heavy atom. The zero-order valence-corrected chi connectivity index (χ0v) is 16.5. The van der Waals surface area contributed by atoms with Crippen molar-refractivity contribution in [1.29, 1.82) is 0 Å². The second kappa shape index (κ2) is 7.98. The lowest BCUT2D eigenvalue weighted by Crippen LogP contribution is -2.34. The number of amides is 2. The fourth-order valence-corrected chi connectivity index (χ4v) is 4.03. The van der Waals surface area contributed by atoms with Gasteiger partial charge < -0.3 is 10.2 Å². The molecule has 4 rings (SSSR count). The zero-order chi connectivity index (χ0) is 19.5. The van der Waals surface area contributed by atoms with Crippen molar-refractivity contribution in [2.24, 2.45) is 5.92 Å². The number of aromatic nitrogens is 2. The van der Waals surface area contributed by atoms with E-state index in [1.54, 1.807) is 16.2 Å². The van der Waals surface area contributed by atoms with E-state index >= 15 is 0 Å². The van der Waals surface area contributed by atoms with Gasteiger partial charge in [0.15, 0.2) is 0 Å². The van der Waals surface area contributed by atoms with Gasteiger partial charge in [0.2, 0.25) is 11.8 Å². The largest absolute Gasteiger partial charge is 0.354 e. The highest BCUT2D eigenvalue weighted by Gasteiger charge is 2.34. The minimum atomic E-state index is -0.312. The van der Waals surface area contributed by atoms with Crippen LogP contribution < -0.4 is 10.2 Å². The van der Waals surface area contributed by atoms with Gasteiger partial charge in [-0.05, 0) is 36.6 Å². The van der Waals surface area contributed by atoms with E-state index in [9.17, 15) is 9.59 Å². The van der Waals surface area contributed by atoms with Crippen LogP contribution in [0.3, 0.4) is 0 Å². The molecule has 28 heavy (non-hydrogen) atoms. The molecule has 1 saturated heterocycles. The highest BCUT2D eigenvalue weighted by Crippen LogP contribution is 2.25. The number of aryl methyl sites for hydroxylation is 1. The first-order valence-electron chi connectivity index (χ1n) is 9.32. The molecule has 1 unspecified atom stereocenters. The van der Waals surface area contributed by atoms with Crippen LogP contribution in [0.2, 0.25) is 0 Å². The van der Waals surface area contributed by atoms with Crippen LogP contribution in [0.1, 0.15) is 12.0 Å². The van der Waals surface area contributed by atoms with Gasteiger partial charge in [-0.25, -0.2) is 0 Å². The molecular weight excluding hydrogens is 372 g/mol. The van der Waals surface area contributed by atoms with Crippen molar-refractivity contribution in [1.82, 2.24) is 15.1 Å². The van der Waals surface area contributed by atoms with Crippen LogP contribution >= 0.6 is 11.3 Å². The monoisotopic (exact) mass is 394 g/mol. The molecule has 1 aliphatic heterocycles. The van der Waals surface area contributed by atoms with Crippen molar-refractivity contribution in [3.8, 4) is 10.6 Å². The van der Waals surface area contributed by atoms with Gasteiger partial charge in [0.25, 0.3) is 0 Å².